The Labute approximate surface area is 82.9 Å². The van der Waals surface area contributed by atoms with Crippen LogP contribution in [0, 0.1) is 18.8 Å². The highest BCUT2D eigenvalue weighted by molar-refractivity contribution is 5.89. The first-order chi connectivity index (χ1) is 6.63. The molecule has 0 atom stereocenters. The van der Waals surface area contributed by atoms with E-state index in [4.69, 9.17) is 5.73 Å². The molecule has 0 radical (unpaired) electrons. The van der Waals surface area contributed by atoms with Gasteiger partial charge < -0.3 is 10.5 Å². The number of methoxy groups -OCH3 is 1. The van der Waals surface area contributed by atoms with E-state index in [1.165, 1.54) is 7.11 Å². The number of nitrogens with two attached hydrogens (primary N) is 1. The maximum absolute atomic E-state index is 10.7. The SMILES string of the molecule is COC(=O)C#Cc1ccc(C)c(N)c1. The lowest BCUT2D eigenvalue weighted by Crippen LogP contribution is -1.95. The smallest absolute Gasteiger partial charge is 0.384 e. The van der Waals surface area contributed by atoms with Crippen LogP contribution in [0.15, 0.2) is 18.2 Å². The van der Waals surface area contributed by atoms with Gasteiger partial charge in [-0.3, -0.25) is 0 Å². The first kappa shape index (κ1) is 10.1. The molecule has 0 aliphatic rings. The van der Waals surface area contributed by atoms with Gasteiger partial charge >= 0.3 is 5.97 Å². The van der Waals surface area contributed by atoms with Crippen molar-refractivity contribution < 1.29 is 9.53 Å². The minimum absolute atomic E-state index is 0.552. The van der Waals surface area contributed by atoms with Gasteiger partial charge in [-0.25, -0.2) is 4.79 Å². The molecular formula is C11H11NO2. The Bertz CT molecular complexity index is 413. The Hall–Kier alpha value is -1.95. The fourth-order valence-electron chi connectivity index (χ4n) is 0.892. The van der Waals surface area contributed by atoms with Gasteiger partial charge in [0.25, 0.3) is 0 Å². The standard InChI is InChI=1S/C11H11NO2/c1-8-3-4-9(7-10(8)12)5-6-11(13)14-2/h3-4,7H,12H2,1-2H3. The van der Waals surface area contributed by atoms with E-state index in [0.717, 1.165) is 5.56 Å². The summed E-state index contributed by atoms with van der Waals surface area (Å²) >= 11 is 0. The van der Waals surface area contributed by atoms with Gasteiger partial charge in [0.05, 0.1) is 7.11 Å². The summed E-state index contributed by atoms with van der Waals surface area (Å²) in [6.07, 6.45) is 0. The summed E-state index contributed by atoms with van der Waals surface area (Å²) < 4.78 is 4.38. The summed E-state index contributed by atoms with van der Waals surface area (Å²) in [7, 11) is 1.29. The van der Waals surface area contributed by atoms with Crippen molar-refractivity contribution in [1.82, 2.24) is 0 Å². The monoisotopic (exact) mass is 189 g/mol. The molecule has 0 aliphatic carbocycles. The van der Waals surface area contributed by atoms with E-state index < -0.39 is 5.97 Å². The number of rotatable bonds is 0. The Morgan fingerprint density at radius 1 is 1.50 bits per heavy atom. The molecule has 0 bridgehead atoms. The van der Waals surface area contributed by atoms with E-state index in [2.05, 4.69) is 16.6 Å². The number of aryl methyl sites for hydroxylation is 1. The molecule has 72 valence electrons. The van der Waals surface area contributed by atoms with Crippen LogP contribution in [0.1, 0.15) is 11.1 Å². The molecule has 1 rings (SSSR count). The van der Waals surface area contributed by atoms with Gasteiger partial charge in [-0.05, 0) is 24.6 Å². The molecule has 0 aliphatic heterocycles. The van der Waals surface area contributed by atoms with Crippen LogP contribution in [-0.4, -0.2) is 13.1 Å². The number of benzene rings is 1. The van der Waals surface area contributed by atoms with Gasteiger partial charge in [0, 0.05) is 17.2 Å². The summed E-state index contributed by atoms with van der Waals surface area (Å²) in [6, 6.07) is 5.39. The van der Waals surface area contributed by atoms with Gasteiger partial charge in [-0.2, -0.15) is 0 Å². The van der Waals surface area contributed by atoms with Crippen molar-refractivity contribution in [3.8, 4) is 11.8 Å². The fraction of sp³-hybridized carbons (Fsp3) is 0.182. The molecule has 0 fully saturated rings. The fourth-order valence-corrected chi connectivity index (χ4v) is 0.892. The summed E-state index contributed by atoms with van der Waals surface area (Å²) in [5, 5.41) is 0. The van der Waals surface area contributed by atoms with Gasteiger partial charge in [-0.1, -0.05) is 12.0 Å². The highest BCUT2D eigenvalue weighted by Crippen LogP contribution is 2.11. The zero-order chi connectivity index (χ0) is 10.6. The van der Waals surface area contributed by atoms with Crippen LogP contribution in [0.25, 0.3) is 0 Å². The lowest BCUT2D eigenvalue weighted by atomic mass is 10.1. The third kappa shape index (κ3) is 2.53. The highest BCUT2D eigenvalue weighted by atomic mass is 16.5. The minimum Gasteiger partial charge on any atom is -0.459 e. The quantitative estimate of drug-likeness (QED) is 0.378. The maximum atomic E-state index is 10.7. The van der Waals surface area contributed by atoms with Crippen LogP contribution in [0.2, 0.25) is 0 Å². The van der Waals surface area contributed by atoms with E-state index >= 15 is 0 Å². The summed E-state index contributed by atoms with van der Waals surface area (Å²) in [4.78, 5) is 10.7. The van der Waals surface area contributed by atoms with E-state index in [1.807, 2.05) is 19.1 Å². The molecular weight excluding hydrogens is 178 g/mol. The Balaban J connectivity index is 2.91. The average molecular weight is 189 g/mol. The van der Waals surface area contributed by atoms with Crippen molar-refractivity contribution in [2.75, 3.05) is 12.8 Å². The van der Waals surface area contributed by atoms with Gasteiger partial charge in [-0.15, -0.1) is 0 Å². The molecule has 0 unspecified atom stereocenters. The van der Waals surface area contributed by atoms with Crippen LogP contribution in [0.5, 0.6) is 0 Å². The van der Waals surface area contributed by atoms with Crippen LogP contribution < -0.4 is 5.73 Å². The lowest BCUT2D eigenvalue weighted by Gasteiger charge is -1.98. The van der Waals surface area contributed by atoms with Crippen molar-refractivity contribution >= 4 is 11.7 Å². The molecule has 1 aromatic carbocycles. The second-order valence-electron chi connectivity index (χ2n) is 2.81. The van der Waals surface area contributed by atoms with Gasteiger partial charge in [0.15, 0.2) is 0 Å². The van der Waals surface area contributed by atoms with Gasteiger partial charge in [0.1, 0.15) is 0 Å². The van der Waals surface area contributed by atoms with E-state index in [0.29, 0.717) is 11.3 Å². The van der Waals surface area contributed by atoms with Crippen molar-refractivity contribution in [2.45, 2.75) is 6.92 Å². The topological polar surface area (TPSA) is 52.3 Å². The van der Waals surface area contributed by atoms with Crippen LogP contribution in [-0.2, 0) is 9.53 Å². The number of hydrogen-bond donors (Lipinski definition) is 1. The third-order valence-corrected chi connectivity index (χ3v) is 1.77. The number of esters is 1. The maximum Gasteiger partial charge on any atom is 0.384 e. The van der Waals surface area contributed by atoms with Crippen molar-refractivity contribution in [3.05, 3.63) is 29.3 Å². The molecule has 14 heavy (non-hydrogen) atoms. The first-order valence-corrected chi connectivity index (χ1v) is 4.09. The number of anilines is 1. The molecule has 3 heteroatoms. The molecule has 2 N–H and O–H groups in total. The average Bonchev–Trinajstić information content (AvgIpc) is 2.19. The second kappa shape index (κ2) is 4.33. The lowest BCUT2D eigenvalue weighted by molar-refractivity contribution is -0.133. The zero-order valence-electron chi connectivity index (χ0n) is 8.13. The summed E-state index contributed by atoms with van der Waals surface area (Å²) in [5.41, 5.74) is 8.04. The molecule has 0 amide bonds. The van der Waals surface area contributed by atoms with Gasteiger partial charge in [0.2, 0.25) is 0 Å². The van der Waals surface area contributed by atoms with Crippen LogP contribution in [0.4, 0.5) is 5.69 Å². The second-order valence-corrected chi connectivity index (χ2v) is 2.81. The predicted molar refractivity (Wildman–Crippen MR) is 54.5 cm³/mol. The van der Waals surface area contributed by atoms with E-state index in [1.54, 1.807) is 6.07 Å². The molecule has 0 saturated carbocycles. The first-order valence-electron chi connectivity index (χ1n) is 4.09. The summed E-state index contributed by atoms with van der Waals surface area (Å²) in [5.74, 6) is 4.44. The zero-order valence-corrected chi connectivity index (χ0v) is 8.13. The normalized spacial score (nSPS) is 8.71. The molecule has 0 heterocycles. The molecule has 1 aromatic rings. The Morgan fingerprint density at radius 2 is 2.21 bits per heavy atom. The number of nitrogen functional groups attached to an aromatic ring is 1. The van der Waals surface area contributed by atoms with Crippen molar-refractivity contribution in [3.63, 3.8) is 0 Å². The van der Waals surface area contributed by atoms with E-state index in [-0.39, 0.29) is 0 Å². The largest absolute Gasteiger partial charge is 0.459 e. The number of carbonyl (C=O) groups is 1. The van der Waals surface area contributed by atoms with Crippen LogP contribution >= 0.6 is 0 Å². The third-order valence-electron chi connectivity index (χ3n) is 1.77. The van der Waals surface area contributed by atoms with Crippen LogP contribution in [0.3, 0.4) is 0 Å². The molecule has 0 aromatic heterocycles. The molecule has 0 spiro atoms. The number of ether oxygens (including phenoxy) is 1. The Kier molecular flexibility index (Phi) is 3.14. The van der Waals surface area contributed by atoms with Crippen molar-refractivity contribution in [1.29, 1.82) is 0 Å². The Morgan fingerprint density at radius 3 is 2.79 bits per heavy atom. The van der Waals surface area contributed by atoms with Crippen molar-refractivity contribution in [2.24, 2.45) is 0 Å². The molecule has 3 nitrogen and oxygen atoms in total. The van der Waals surface area contributed by atoms with E-state index in [9.17, 15) is 4.79 Å². The summed E-state index contributed by atoms with van der Waals surface area (Å²) in [6.45, 7) is 1.91. The highest BCUT2D eigenvalue weighted by Gasteiger charge is 1.94. The number of carbonyl (C=O) groups excluding carboxylic acids is 1. The predicted octanol–water partition coefficient (Wildman–Crippen LogP) is 1.10. The molecule has 0 saturated heterocycles. The minimum atomic E-state index is -0.552. The number of hydrogen-bond acceptors (Lipinski definition) is 3.